The van der Waals surface area contributed by atoms with Crippen LogP contribution in [0.25, 0.3) is 11.0 Å². The maximum absolute atomic E-state index is 6.01. The number of nitrogens with zero attached hydrogens (tertiary/aromatic N) is 2. The average molecular weight is 421 g/mol. The van der Waals surface area contributed by atoms with Gasteiger partial charge in [-0.3, -0.25) is 0 Å². The molecule has 19 heavy (non-hydrogen) atoms. The largest absolute Gasteiger partial charge is 0.322 e. The van der Waals surface area contributed by atoms with Crippen molar-refractivity contribution in [2.24, 2.45) is 0 Å². The Morgan fingerprint density at radius 2 is 2.05 bits per heavy atom. The number of fused-ring (bicyclic) bond motifs is 1. The van der Waals surface area contributed by atoms with Gasteiger partial charge in [-0.15, -0.1) is 22.9 Å². The van der Waals surface area contributed by atoms with E-state index in [1.165, 1.54) is 4.88 Å². The van der Waals surface area contributed by atoms with Crippen LogP contribution in [-0.4, -0.2) is 9.55 Å². The Labute approximate surface area is 136 Å². The number of hydrogen-bond donors (Lipinski definition) is 0. The lowest BCUT2D eigenvalue weighted by Gasteiger charge is -2.06. The zero-order valence-corrected chi connectivity index (χ0v) is 14.5. The van der Waals surface area contributed by atoms with Crippen LogP contribution in [-0.2, 0) is 12.4 Å². The summed E-state index contributed by atoms with van der Waals surface area (Å²) in [5.41, 5.74) is 2.09. The minimum atomic E-state index is 0.416. The molecule has 0 amide bonds. The van der Waals surface area contributed by atoms with Gasteiger partial charge in [-0.05, 0) is 40.2 Å². The van der Waals surface area contributed by atoms with Gasteiger partial charge in [0, 0.05) is 19.2 Å². The zero-order chi connectivity index (χ0) is 13.4. The predicted molar refractivity (Wildman–Crippen MR) is 88.1 cm³/mol. The fourth-order valence-corrected chi connectivity index (χ4v) is 4.01. The minimum absolute atomic E-state index is 0.416. The summed E-state index contributed by atoms with van der Waals surface area (Å²) >= 11 is 14.7. The first-order valence-electron chi connectivity index (χ1n) is 5.61. The predicted octanol–water partition coefficient (Wildman–Crippen LogP) is 5.41. The maximum atomic E-state index is 6.01. The highest BCUT2D eigenvalue weighted by molar-refractivity contribution is 9.10. The van der Waals surface area contributed by atoms with E-state index in [1.54, 1.807) is 11.3 Å². The molecule has 0 fully saturated rings. The monoisotopic (exact) mass is 418 g/mol. The average Bonchev–Trinajstić information content (AvgIpc) is 2.94. The Hall–Kier alpha value is -0.360. The maximum Gasteiger partial charge on any atom is 0.125 e. The Balaban J connectivity index is 2.12. The van der Waals surface area contributed by atoms with Crippen LogP contribution >= 0.6 is 54.8 Å². The molecule has 2 heterocycles. The van der Waals surface area contributed by atoms with Crippen LogP contribution in [0.4, 0.5) is 0 Å². The van der Waals surface area contributed by atoms with Crippen LogP contribution in [0.3, 0.4) is 0 Å². The van der Waals surface area contributed by atoms with Crippen LogP contribution < -0.4 is 0 Å². The van der Waals surface area contributed by atoms with E-state index in [9.17, 15) is 0 Å². The van der Waals surface area contributed by atoms with Crippen LogP contribution in [0.5, 0.6) is 0 Å². The molecule has 0 spiro atoms. The summed E-state index contributed by atoms with van der Waals surface area (Å²) in [6, 6.07) is 8.23. The van der Waals surface area contributed by atoms with E-state index in [-0.39, 0.29) is 0 Å². The van der Waals surface area contributed by atoms with E-state index < -0.39 is 0 Å². The number of benzene rings is 1. The molecule has 0 bridgehead atoms. The number of hydrogen-bond acceptors (Lipinski definition) is 2. The van der Waals surface area contributed by atoms with Crippen molar-refractivity contribution in [3.05, 3.63) is 49.3 Å². The van der Waals surface area contributed by atoms with E-state index in [4.69, 9.17) is 11.6 Å². The van der Waals surface area contributed by atoms with Gasteiger partial charge in [0.1, 0.15) is 5.82 Å². The minimum Gasteiger partial charge on any atom is -0.322 e. The van der Waals surface area contributed by atoms with E-state index in [0.29, 0.717) is 5.88 Å². The number of aromatic nitrogens is 2. The van der Waals surface area contributed by atoms with Gasteiger partial charge in [0.05, 0.1) is 23.5 Å². The summed E-state index contributed by atoms with van der Waals surface area (Å²) in [6.45, 7) is 0.797. The summed E-state index contributed by atoms with van der Waals surface area (Å²) < 4.78 is 4.34. The van der Waals surface area contributed by atoms with Gasteiger partial charge in [0.15, 0.2) is 0 Å². The van der Waals surface area contributed by atoms with Crippen LogP contribution in [0.1, 0.15) is 10.7 Å². The molecule has 3 rings (SSSR count). The summed E-state index contributed by atoms with van der Waals surface area (Å²) in [7, 11) is 0. The highest BCUT2D eigenvalue weighted by atomic mass is 79.9. The van der Waals surface area contributed by atoms with Gasteiger partial charge >= 0.3 is 0 Å². The van der Waals surface area contributed by atoms with Gasteiger partial charge in [0.2, 0.25) is 0 Å². The molecule has 1 aromatic carbocycles. The molecule has 6 heteroatoms. The lowest BCUT2D eigenvalue weighted by Crippen LogP contribution is -2.02. The first-order chi connectivity index (χ1) is 9.17. The normalized spacial score (nSPS) is 11.3. The molecule has 98 valence electrons. The Kier molecular flexibility index (Phi) is 3.98. The number of imidazole rings is 1. The SMILES string of the molecule is ClCc1nc2ccc(Br)cc2n1Cc1cc(Br)cs1. The van der Waals surface area contributed by atoms with Crippen LogP contribution in [0.15, 0.2) is 38.6 Å². The molecular formula is C13H9Br2ClN2S. The van der Waals surface area contributed by atoms with Crippen molar-refractivity contribution in [2.45, 2.75) is 12.4 Å². The van der Waals surface area contributed by atoms with Gasteiger partial charge in [-0.1, -0.05) is 15.9 Å². The summed E-state index contributed by atoms with van der Waals surface area (Å²) in [4.78, 5) is 5.85. The second kappa shape index (κ2) is 5.56. The van der Waals surface area contributed by atoms with Gasteiger partial charge in [-0.25, -0.2) is 4.98 Å². The second-order valence-corrected chi connectivity index (χ2v) is 7.21. The molecule has 0 atom stereocenters. The standard InChI is InChI=1S/C13H9Br2ClN2S/c14-8-1-2-11-12(4-8)18(13(5-16)17-11)6-10-3-9(15)7-19-10/h1-4,7H,5-6H2. The topological polar surface area (TPSA) is 17.8 Å². The fraction of sp³-hybridized carbons (Fsp3) is 0.154. The summed E-state index contributed by atoms with van der Waals surface area (Å²) in [6.07, 6.45) is 0. The van der Waals surface area contributed by atoms with Crippen LogP contribution in [0.2, 0.25) is 0 Å². The molecule has 0 unspecified atom stereocenters. The first kappa shape index (κ1) is 13.6. The third-order valence-corrected chi connectivity index (χ3v) is 5.26. The molecule has 0 saturated heterocycles. The van der Waals surface area contributed by atoms with Crippen molar-refractivity contribution in [3.8, 4) is 0 Å². The Morgan fingerprint density at radius 1 is 1.21 bits per heavy atom. The molecule has 0 aliphatic rings. The quantitative estimate of drug-likeness (QED) is 0.518. The molecular weight excluding hydrogens is 411 g/mol. The van der Waals surface area contributed by atoms with Crippen molar-refractivity contribution < 1.29 is 0 Å². The lowest BCUT2D eigenvalue weighted by molar-refractivity contribution is 0.789. The number of thiophene rings is 1. The fourth-order valence-electron chi connectivity index (χ4n) is 2.02. The van der Waals surface area contributed by atoms with Crippen molar-refractivity contribution in [2.75, 3.05) is 0 Å². The van der Waals surface area contributed by atoms with E-state index in [2.05, 4.69) is 58.9 Å². The smallest absolute Gasteiger partial charge is 0.125 e. The molecule has 2 aromatic heterocycles. The number of alkyl halides is 1. The first-order valence-corrected chi connectivity index (χ1v) is 8.61. The molecule has 0 N–H and O–H groups in total. The van der Waals surface area contributed by atoms with Crippen molar-refractivity contribution in [1.29, 1.82) is 0 Å². The summed E-state index contributed by atoms with van der Waals surface area (Å²) in [5.74, 6) is 1.32. The second-order valence-electron chi connectivity index (χ2n) is 4.11. The highest BCUT2D eigenvalue weighted by Gasteiger charge is 2.11. The number of halogens is 3. The van der Waals surface area contributed by atoms with Crippen LogP contribution in [0, 0.1) is 0 Å². The van der Waals surface area contributed by atoms with E-state index in [1.807, 2.05) is 12.1 Å². The Bertz CT molecular complexity index is 735. The lowest BCUT2D eigenvalue weighted by atomic mass is 10.3. The van der Waals surface area contributed by atoms with E-state index >= 15 is 0 Å². The highest BCUT2D eigenvalue weighted by Crippen LogP contribution is 2.26. The third-order valence-electron chi connectivity index (χ3n) is 2.84. The van der Waals surface area contributed by atoms with Crippen molar-refractivity contribution in [3.63, 3.8) is 0 Å². The molecule has 0 radical (unpaired) electrons. The zero-order valence-electron chi connectivity index (χ0n) is 9.74. The molecule has 0 aliphatic carbocycles. The summed E-state index contributed by atoms with van der Waals surface area (Å²) in [5, 5.41) is 2.09. The van der Waals surface area contributed by atoms with Crippen molar-refractivity contribution >= 4 is 65.8 Å². The molecule has 2 nitrogen and oxygen atoms in total. The molecule has 0 aliphatic heterocycles. The van der Waals surface area contributed by atoms with Gasteiger partial charge < -0.3 is 4.57 Å². The van der Waals surface area contributed by atoms with E-state index in [0.717, 1.165) is 32.3 Å². The molecule has 3 aromatic rings. The molecule has 0 saturated carbocycles. The number of rotatable bonds is 3. The van der Waals surface area contributed by atoms with Crippen molar-refractivity contribution in [1.82, 2.24) is 9.55 Å². The third kappa shape index (κ3) is 2.75. The van der Waals surface area contributed by atoms with Gasteiger partial charge in [0.25, 0.3) is 0 Å². The van der Waals surface area contributed by atoms with Gasteiger partial charge in [-0.2, -0.15) is 0 Å². The Morgan fingerprint density at radius 3 is 2.74 bits per heavy atom.